The largest absolute Gasteiger partial charge is 0.381 e. The number of imidazole rings is 1. The number of nitrogens with zero attached hydrogens (tertiary/aromatic N) is 3. The molecule has 2 heterocycles. The maximum absolute atomic E-state index is 12.6. The van der Waals surface area contributed by atoms with Crippen LogP contribution in [0.3, 0.4) is 0 Å². The Morgan fingerprint density at radius 1 is 1.37 bits per heavy atom. The van der Waals surface area contributed by atoms with E-state index in [1.165, 1.54) is 8.71 Å². The molecular formula is C12H18N4O2S. The first-order valence-electron chi connectivity index (χ1n) is 6.25. The van der Waals surface area contributed by atoms with Crippen molar-refractivity contribution in [2.24, 2.45) is 0 Å². The second-order valence-corrected chi connectivity index (χ2v) is 6.08. The van der Waals surface area contributed by atoms with E-state index in [1.807, 2.05) is 13.8 Å². The molecule has 2 rings (SSSR count). The number of anilines is 1. The van der Waals surface area contributed by atoms with Gasteiger partial charge in [-0.2, -0.15) is 4.31 Å². The van der Waals surface area contributed by atoms with Crippen molar-refractivity contribution in [1.82, 2.24) is 13.7 Å². The SMILES string of the molecule is CCCN(CC)S(=O)(=O)c1c(N)nc2ccccn12. The summed E-state index contributed by atoms with van der Waals surface area (Å²) in [6, 6.07) is 5.27. The Bertz CT molecular complexity index is 678. The molecule has 2 aromatic heterocycles. The van der Waals surface area contributed by atoms with Crippen molar-refractivity contribution in [2.75, 3.05) is 18.8 Å². The van der Waals surface area contributed by atoms with E-state index in [4.69, 9.17) is 5.73 Å². The first-order chi connectivity index (χ1) is 9.02. The number of fused-ring (bicyclic) bond motifs is 1. The Balaban J connectivity index is 2.63. The fourth-order valence-corrected chi connectivity index (χ4v) is 3.79. The van der Waals surface area contributed by atoms with Crippen molar-refractivity contribution in [3.05, 3.63) is 24.4 Å². The number of pyridine rings is 1. The van der Waals surface area contributed by atoms with Gasteiger partial charge < -0.3 is 5.73 Å². The van der Waals surface area contributed by atoms with E-state index in [1.54, 1.807) is 24.4 Å². The summed E-state index contributed by atoms with van der Waals surface area (Å²) in [6.45, 7) is 4.64. The molecule has 0 radical (unpaired) electrons. The zero-order valence-electron chi connectivity index (χ0n) is 11.1. The number of aromatic nitrogens is 2. The van der Waals surface area contributed by atoms with Crippen molar-refractivity contribution in [3.63, 3.8) is 0 Å². The molecule has 0 unspecified atom stereocenters. The highest BCUT2D eigenvalue weighted by Crippen LogP contribution is 2.23. The van der Waals surface area contributed by atoms with Gasteiger partial charge in [-0.3, -0.25) is 4.40 Å². The third-order valence-corrected chi connectivity index (χ3v) is 4.94. The lowest BCUT2D eigenvalue weighted by molar-refractivity contribution is 0.425. The summed E-state index contributed by atoms with van der Waals surface area (Å²) in [5.41, 5.74) is 6.32. The summed E-state index contributed by atoms with van der Waals surface area (Å²) >= 11 is 0. The molecule has 0 amide bonds. The van der Waals surface area contributed by atoms with Crippen LogP contribution in [0.4, 0.5) is 5.82 Å². The Labute approximate surface area is 112 Å². The van der Waals surface area contributed by atoms with Crippen LogP contribution in [0.15, 0.2) is 29.4 Å². The average molecular weight is 282 g/mol. The van der Waals surface area contributed by atoms with Crippen LogP contribution in [0.25, 0.3) is 5.65 Å². The lowest BCUT2D eigenvalue weighted by Crippen LogP contribution is -2.32. The van der Waals surface area contributed by atoms with E-state index in [0.29, 0.717) is 18.7 Å². The third-order valence-electron chi connectivity index (χ3n) is 2.92. The van der Waals surface area contributed by atoms with Crippen LogP contribution in [-0.4, -0.2) is 35.2 Å². The Kier molecular flexibility index (Phi) is 3.77. The van der Waals surface area contributed by atoms with Gasteiger partial charge in [0.1, 0.15) is 5.65 Å². The molecule has 0 aliphatic heterocycles. The summed E-state index contributed by atoms with van der Waals surface area (Å²) < 4.78 is 28.2. The van der Waals surface area contributed by atoms with Gasteiger partial charge in [-0.15, -0.1) is 0 Å². The van der Waals surface area contributed by atoms with Crippen LogP contribution in [-0.2, 0) is 10.0 Å². The molecule has 0 aromatic carbocycles. The van der Waals surface area contributed by atoms with Gasteiger partial charge in [0, 0.05) is 19.3 Å². The Morgan fingerprint density at radius 3 is 2.74 bits per heavy atom. The topological polar surface area (TPSA) is 80.7 Å². The molecule has 0 spiro atoms. The van der Waals surface area contributed by atoms with Crippen LogP contribution in [0.2, 0.25) is 0 Å². The Morgan fingerprint density at radius 2 is 2.11 bits per heavy atom. The zero-order chi connectivity index (χ0) is 14.0. The number of nitrogen functional groups attached to an aromatic ring is 1. The first kappa shape index (κ1) is 13.8. The van der Waals surface area contributed by atoms with Crippen molar-refractivity contribution in [1.29, 1.82) is 0 Å². The van der Waals surface area contributed by atoms with Crippen LogP contribution in [0.1, 0.15) is 20.3 Å². The lowest BCUT2D eigenvalue weighted by Gasteiger charge is -2.19. The van der Waals surface area contributed by atoms with Crippen LogP contribution in [0.5, 0.6) is 0 Å². The summed E-state index contributed by atoms with van der Waals surface area (Å²) in [5, 5.41) is 0.0541. The van der Waals surface area contributed by atoms with Gasteiger partial charge in [-0.1, -0.05) is 19.9 Å². The molecule has 0 fully saturated rings. The third kappa shape index (κ3) is 2.31. The molecule has 7 heteroatoms. The van der Waals surface area contributed by atoms with E-state index in [0.717, 1.165) is 6.42 Å². The lowest BCUT2D eigenvalue weighted by atomic mass is 10.5. The predicted molar refractivity (Wildman–Crippen MR) is 74.3 cm³/mol. The van der Waals surface area contributed by atoms with Gasteiger partial charge in [-0.25, -0.2) is 13.4 Å². The maximum Gasteiger partial charge on any atom is 0.262 e. The molecule has 19 heavy (non-hydrogen) atoms. The second-order valence-electron chi connectivity index (χ2n) is 4.23. The molecule has 0 atom stereocenters. The quantitative estimate of drug-likeness (QED) is 0.897. The molecule has 6 nitrogen and oxygen atoms in total. The fourth-order valence-electron chi connectivity index (χ4n) is 2.07. The number of rotatable bonds is 5. The smallest absolute Gasteiger partial charge is 0.262 e. The highest BCUT2D eigenvalue weighted by Gasteiger charge is 2.29. The highest BCUT2D eigenvalue weighted by atomic mass is 32.2. The number of sulfonamides is 1. The molecular weight excluding hydrogens is 264 g/mol. The van der Waals surface area contributed by atoms with Gasteiger partial charge >= 0.3 is 0 Å². The minimum atomic E-state index is -3.62. The fraction of sp³-hybridized carbons (Fsp3) is 0.417. The van der Waals surface area contributed by atoms with Gasteiger partial charge in [0.2, 0.25) is 0 Å². The summed E-state index contributed by atoms with van der Waals surface area (Å²) in [4.78, 5) is 4.09. The molecule has 0 saturated carbocycles. The molecule has 0 aliphatic carbocycles. The minimum Gasteiger partial charge on any atom is -0.381 e. The summed E-state index contributed by atoms with van der Waals surface area (Å²) in [5.74, 6) is 0.0424. The second kappa shape index (κ2) is 5.18. The minimum absolute atomic E-state index is 0.0424. The molecule has 2 N–H and O–H groups in total. The highest BCUT2D eigenvalue weighted by molar-refractivity contribution is 7.89. The van der Waals surface area contributed by atoms with E-state index in [9.17, 15) is 8.42 Å². The molecule has 104 valence electrons. The average Bonchev–Trinajstić information content (AvgIpc) is 2.71. The van der Waals surface area contributed by atoms with Crippen LogP contribution < -0.4 is 5.73 Å². The van der Waals surface area contributed by atoms with E-state index in [-0.39, 0.29) is 10.8 Å². The van der Waals surface area contributed by atoms with Crippen molar-refractivity contribution < 1.29 is 8.42 Å². The summed E-state index contributed by atoms with van der Waals surface area (Å²) in [6.07, 6.45) is 2.41. The van der Waals surface area contributed by atoms with E-state index < -0.39 is 10.0 Å². The predicted octanol–water partition coefficient (Wildman–Crippen LogP) is 1.34. The van der Waals surface area contributed by atoms with Gasteiger partial charge in [0.25, 0.3) is 10.0 Å². The molecule has 0 bridgehead atoms. The standard InChI is InChI=1S/C12H18N4O2S/c1-3-8-15(4-2)19(17,18)12-11(13)14-10-7-5-6-9-16(10)12/h5-7,9H,3-4,8,13H2,1-2H3. The van der Waals surface area contributed by atoms with Crippen LogP contribution in [0, 0.1) is 0 Å². The van der Waals surface area contributed by atoms with Gasteiger partial charge in [0.05, 0.1) is 0 Å². The number of nitrogens with two attached hydrogens (primary N) is 1. The normalized spacial score (nSPS) is 12.4. The zero-order valence-corrected chi connectivity index (χ0v) is 11.9. The molecule has 0 aliphatic rings. The molecule has 0 saturated heterocycles. The molecule has 2 aromatic rings. The van der Waals surface area contributed by atoms with Gasteiger partial charge in [-0.05, 0) is 18.6 Å². The number of hydrogen-bond donors (Lipinski definition) is 1. The van der Waals surface area contributed by atoms with Crippen molar-refractivity contribution >= 4 is 21.5 Å². The van der Waals surface area contributed by atoms with Crippen LogP contribution >= 0.6 is 0 Å². The van der Waals surface area contributed by atoms with Gasteiger partial charge in [0.15, 0.2) is 10.8 Å². The Hall–Kier alpha value is -1.60. The van der Waals surface area contributed by atoms with Crippen molar-refractivity contribution in [2.45, 2.75) is 25.3 Å². The maximum atomic E-state index is 12.6. The monoisotopic (exact) mass is 282 g/mol. The summed E-state index contributed by atoms with van der Waals surface area (Å²) in [7, 11) is -3.62. The van der Waals surface area contributed by atoms with E-state index >= 15 is 0 Å². The van der Waals surface area contributed by atoms with Crippen molar-refractivity contribution in [3.8, 4) is 0 Å². The first-order valence-corrected chi connectivity index (χ1v) is 7.69. The van der Waals surface area contributed by atoms with E-state index in [2.05, 4.69) is 4.98 Å². The number of hydrogen-bond acceptors (Lipinski definition) is 4.